The van der Waals surface area contributed by atoms with Crippen molar-refractivity contribution < 1.29 is 4.74 Å². The van der Waals surface area contributed by atoms with Crippen LogP contribution >= 0.6 is 0 Å². The predicted molar refractivity (Wildman–Crippen MR) is 83.9 cm³/mol. The van der Waals surface area contributed by atoms with Gasteiger partial charge in [-0.1, -0.05) is 37.3 Å². The average Bonchev–Trinajstić information content (AvgIpc) is 2.46. The molecule has 1 atom stereocenters. The van der Waals surface area contributed by atoms with Gasteiger partial charge in [-0.3, -0.25) is 0 Å². The number of benzene rings is 2. The minimum atomic E-state index is 0.114. The van der Waals surface area contributed by atoms with Crippen LogP contribution in [0.4, 0.5) is 0 Å². The van der Waals surface area contributed by atoms with E-state index in [1.165, 1.54) is 16.7 Å². The molecule has 2 aromatic carbocycles. The summed E-state index contributed by atoms with van der Waals surface area (Å²) in [6.07, 6.45) is 0.947. The van der Waals surface area contributed by atoms with E-state index in [4.69, 9.17) is 10.5 Å². The molecule has 0 aliphatic rings. The van der Waals surface area contributed by atoms with Gasteiger partial charge in [0.05, 0.1) is 0 Å². The van der Waals surface area contributed by atoms with Gasteiger partial charge in [-0.05, 0) is 54.7 Å². The molecule has 2 aromatic rings. The molecule has 0 saturated carbocycles. The van der Waals surface area contributed by atoms with Gasteiger partial charge in [-0.25, -0.2) is 0 Å². The van der Waals surface area contributed by atoms with Crippen molar-refractivity contribution in [3.8, 4) is 5.75 Å². The third kappa shape index (κ3) is 3.40. The molecule has 2 nitrogen and oxygen atoms in total. The lowest BCUT2D eigenvalue weighted by molar-refractivity contribution is 0.304. The Morgan fingerprint density at radius 3 is 2.15 bits per heavy atom. The molecular formula is C18H23NO. The highest BCUT2D eigenvalue weighted by molar-refractivity contribution is 5.34. The minimum absolute atomic E-state index is 0.114. The molecule has 2 heteroatoms. The van der Waals surface area contributed by atoms with Crippen molar-refractivity contribution >= 4 is 0 Å². The van der Waals surface area contributed by atoms with Gasteiger partial charge in [0, 0.05) is 6.04 Å². The summed E-state index contributed by atoms with van der Waals surface area (Å²) in [6.45, 7) is 6.94. The molecule has 0 spiro atoms. The van der Waals surface area contributed by atoms with E-state index < -0.39 is 0 Å². The van der Waals surface area contributed by atoms with Gasteiger partial charge in [-0.15, -0.1) is 0 Å². The Hall–Kier alpha value is -1.80. The fourth-order valence-electron chi connectivity index (χ4n) is 2.28. The molecular weight excluding hydrogens is 246 g/mol. The molecule has 0 aliphatic carbocycles. The van der Waals surface area contributed by atoms with Gasteiger partial charge in [0.15, 0.2) is 0 Å². The highest BCUT2D eigenvalue weighted by Gasteiger charge is 2.05. The predicted octanol–water partition coefficient (Wildman–Crippen LogP) is 4.29. The Balaban J connectivity index is 2.04. The molecule has 0 radical (unpaired) electrons. The number of aryl methyl sites for hydroxylation is 2. The Kier molecular flexibility index (Phi) is 4.80. The van der Waals surface area contributed by atoms with Crippen LogP contribution in [0.15, 0.2) is 42.5 Å². The first kappa shape index (κ1) is 14.6. The topological polar surface area (TPSA) is 35.2 Å². The molecule has 0 amide bonds. The molecule has 2 rings (SSSR count). The van der Waals surface area contributed by atoms with Crippen LogP contribution in [0.2, 0.25) is 0 Å². The second-order valence-corrected chi connectivity index (χ2v) is 5.24. The van der Waals surface area contributed by atoms with Crippen LogP contribution in [0.25, 0.3) is 0 Å². The third-order valence-corrected chi connectivity index (χ3v) is 3.78. The lowest BCUT2D eigenvalue weighted by Gasteiger charge is -2.13. The van der Waals surface area contributed by atoms with E-state index in [1.807, 2.05) is 24.3 Å². The zero-order valence-corrected chi connectivity index (χ0v) is 12.5. The summed E-state index contributed by atoms with van der Waals surface area (Å²) in [5, 5.41) is 0. The first-order valence-corrected chi connectivity index (χ1v) is 7.15. The van der Waals surface area contributed by atoms with Crippen LogP contribution in [-0.4, -0.2) is 0 Å². The molecule has 0 fully saturated rings. The zero-order chi connectivity index (χ0) is 14.5. The lowest BCUT2D eigenvalue weighted by atomic mass is 10.0. The van der Waals surface area contributed by atoms with Gasteiger partial charge in [-0.2, -0.15) is 0 Å². The van der Waals surface area contributed by atoms with Crippen LogP contribution in [0.1, 0.15) is 41.6 Å². The van der Waals surface area contributed by atoms with Gasteiger partial charge in [0.25, 0.3) is 0 Å². The quantitative estimate of drug-likeness (QED) is 0.878. The second kappa shape index (κ2) is 6.58. The summed E-state index contributed by atoms with van der Waals surface area (Å²) < 4.78 is 5.88. The van der Waals surface area contributed by atoms with E-state index in [0.717, 1.165) is 17.7 Å². The van der Waals surface area contributed by atoms with Gasteiger partial charge < -0.3 is 10.5 Å². The number of hydrogen-bond acceptors (Lipinski definition) is 2. The normalized spacial score (nSPS) is 12.2. The van der Waals surface area contributed by atoms with E-state index in [2.05, 4.69) is 39.0 Å². The Labute approximate surface area is 121 Å². The molecule has 1 unspecified atom stereocenters. The summed E-state index contributed by atoms with van der Waals surface area (Å²) in [5.74, 6) is 0.889. The van der Waals surface area contributed by atoms with Crippen molar-refractivity contribution in [3.05, 3.63) is 64.7 Å². The number of nitrogens with two attached hydrogens (primary N) is 1. The largest absolute Gasteiger partial charge is 0.489 e. The van der Waals surface area contributed by atoms with Crippen molar-refractivity contribution in [1.29, 1.82) is 0 Å². The average molecular weight is 269 g/mol. The SMILES string of the molecule is CCC(N)c1ccc(OCc2c(C)cccc2C)cc1. The lowest BCUT2D eigenvalue weighted by Crippen LogP contribution is -2.08. The van der Waals surface area contributed by atoms with E-state index in [1.54, 1.807) is 0 Å². The first-order chi connectivity index (χ1) is 9.61. The summed E-state index contributed by atoms with van der Waals surface area (Å²) in [5.41, 5.74) is 11.0. The molecule has 0 saturated heterocycles. The molecule has 2 N–H and O–H groups in total. The van der Waals surface area contributed by atoms with Gasteiger partial charge >= 0.3 is 0 Å². The van der Waals surface area contributed by atoms with Crippen LogP contribution in [0.5, 0.6) is 5.75 Å². The highest BCUT2D eigenvalue weighted by atomic mass is 16.5. The van der Waals surface area contributed by atoms with Crippen LogP contribution in [-0.2, 0) is 6.61 Å². The van der Waals surface area contributed by atoms with Gasteiger partial charge in [0.1, 0.15) is 12.4 Å². The number of ether oxygens (including phenoxy) is 1. The fraction of sp³-hybridized carbons (Fsp3) is 0.333. The fourth-order valence-corrected chi connectivity index (χ4v) is 2.28. The van der Waals surface area contributed by atoms with E-state index in [-0.39, 0.29) is 6.04 Å². The summed E-state index contributed by atoms with van der Waals surface area (Å²) in [6, 6.07) is 14.5. The Morgan fingerprint density at radius 2 is 1.60 bits per heavy atom. The van der Waals surface area contributed by atoms with E-state index >= 15 is 0 Å². The number of rotatable bonds is 5. The summed E-state index contributed by atoms with van der Waals surface area (Å²) in [7, 11) is 0. The maximum atomic E-state index is 6.01. The van der Waals surface area contributed by atoms with Crippen molar-refractivity contribution in [3.63, 3.8) is 0 Å². The highest BCUT2D eigenvalue weighted by Crippen LogP contribution is 2.20. The molecule has 106 valence electrons. The molecule has 20 heavy (non-hydrogen) atoms. The van der Waals surface area contributed by atoms with Crippen LogP contribution in [0, 0.1) is 13.8 Å². The molecule has 0 aromatic heterocycles. The van der Waals surface area contributed by atoms with Crippen molar-refractivity contribution in [2.45, 2.75) is 39.8 Å². The Morgan fingerprint density at radius 1 is 1.00 bits per heavy atom. The first-order valence-electron chi connectivity index (χ1n) is 7.15. The second-order valence-electron chi connectivity index (χ2n) is 5.24. The zero-order valence-electron chi connectivity index (χ0n) is 12.5. The smallest absolute Gasteiger partial charge is 0.119 e. The Bertz CT molecular complexity index is 540. The summed E-state index contributed by atoms with van der Waals surface area (Å²) in [4.78, 5) is 0. The van der Waals surface area contributed by atoms with Crippen molar-refractivity contribution in [1.82, 2.24) is 0 Å². The standard InChI is InChI=1S/C18H23NO/c1-4-18(19)15-8-10-16(11-9-15)20-12-17-13(2)6-5-7-14(17)3/h5-11,18H,4,12,19H2,1-3H3. The van der Waals surface area contributed by atoms with E-state index in [0.29, 0.717) is 6.61 Å². The van der Waals surface area contributed by atoms with Gasteiger partial charge in [0.2, 0.25) is 0 Å². The van der Waals surface area contributed by atoms with Crippen molar-refractivity contribution in [2.75, 3.05) is 0 Å². The maximum absolute atomic E-state index is 6.01. The van der Waals surface area contributed by atoms with Crippen molar-refractivity contribution in [2.24, 2.45) is 5.73 Å². The molecule has 0 heterocycles. The summed E-state index contributed by atoms with van der Waals surface area (Å²) >= 11 is 0. The maximum Gasteiger partial charge on any atom is 0.119 e. The monoisotopic (exact) mass is 269 g/mol. The number of hydrogen-bond donors (Lipinski definition) is 1. The van der Waals surface area contributed by atoms with Crippen LogP contribution < -0.4 is 10.5 Å². The minimum Gasteiger partial charge on any atom is -0.489 e. The molecule has 0 bridgehead atoms. The molecule has 0 aliphatic heterocycles. The third-order valence-electron chi connectivity index (χ3n) is 3.78. The van der Waals surface area contributed by atoms with E-state index in [9.17, 15) is 0 Å². The van der Waals surface area contributed by atoms with Crippen LogP contribution in [0.3, 0.4) is 0 Å².